The molecule has 0 radical (unpaired) electrons. The van der Waals surface area contributed by atoms with Crippen molar-refractivity contribution < 1.29 is 14.7 Å². The first-order chi connectivity index (χ1) is 10.0. The second-order valence-corrected chi connectivity index (χ2v) is 6.93. The molecule has 2 aromatic heterocycles. The van der Waals surface area contributed by atoms with Crippen molar-refractivity contribution in [2.24, 2.45) is 5.92 Å². The van der Waals surface area contributed by atoms with Gasteiger partial charge in [0.15, 0.2) is 5.13 Å². The lowest BCUT2D eigenvalue weighted by Gasteiger charge is -2.01. The van der Waals surface area contributed by atoms with Gasteiger partial charge in [0, 0.05) is 22.1 Å². The van der Waals surface area contributed by atoms with E-state index in [1.54, 1.807) is 16.7 Å². The summed E-state index contributed by atoms with van der Waals surface area (Å²) in [7, 11) is 0. The maximum Gasteiger partial charge on any atom is 0.309 e. The number of amides is 1. The number of aryl methyl sites for hydroxylation is 1. The van der Waals surface area contributed by atoms with E-state index in [-0.39, 0.29) is 18.2 Å². The van der Waals surface area contributed by atoms with Gasteiger partial charge in [0.2, 0.25) is 5.91 Å². The molecule has 1 fully saturated rings. The molecular weight excluding hydrogens is 308 g/mol. The van der Waals surface area contributed by atoms with Crippen LogP contribution in [0.4, 0.5) is 5.13 Å². The van der Waals surface area contributed by atoms with Crippen LogP contribution in [0.25, 0.3) is 0 Å². The van der Waals surface area contributed by atoms with E-state index in [1.807, 2.05) is 0 Å². The van der Waals surface area contributed by atoms with Gasteiger partial charge in [0.25, 0.3) is 0 Å². The van der Waals surface area contributed by atoms with Gasteiger partial charge >= 0.3 is 5.97 Å². The molecule has 0 saturated heterocycles. The van der Waals surface area contributed by atoms with Crippen molar-refractivity contribution in [3.05, 3.63) is 33.0 Å². The summed E-state index contributed by atoms with van der Waals surface area (Å²) in [4.78, 5) is 28.2. The molecule has 1 aliphatic carbocycles. The van der Waals surface area contributed by atoms with E-state index < -0.39 is 5.97 Å². The van der Waals surface area contributed by atoms with Crippen molar-refractivity contribution in [3.8, 4) is 0 Å². The highest BCUT2D eigenvalue weighted by atomic mass is 32.1. The highest BCUT2D eigenvalue weighted by Gasteiger charge is 2.45. The zero-order valence-corrected chi connectivity index (χ0v) is 13.0. The van der Waals surface area contributed by atoms with E-state index >= 15 is 0 Å². The van der Waals surface area contributed by atoms with E-state index in [2.05, 4.69) is 28.7 Å². The lowest BCUT2D eigenvalue weighted by Crippen LogP contribution is -2.14. The van der Waals surface area contributed by atoms with Gasteiger partial charge in [-0.05, 0) is 30.4 Å². The van der Waals surface area contributed by atoms with Crippen LogP contribution in [0.1, 0.15) is 28.5 Å². The molecule has 5 nitrogen and oxygen atoms in total. The van der Waals surface area contributed by atoms with Crippen molar-refractivity contribution >= 4 is 39.7 Å². The number of carbonyl (C=O) groups excluding carboxylic acids is 1. The first kappa shape index (κ1) is 14.2. The molecule has 110 valence electrons. The number of carboxylic acid groups (broad SMARTS) is 1. The number of rotatable bonds is 5. The summed E-state index contributed by atoms with van der Waals surface area (Å²) < 4.78 is 0. The smallest absolute Gasteiger partial charge is 0.309 e. The molecule has 2 heterocycles. The first-order valence-electron chi connectivity index (χ1n) is 6.55. The van der Waals surface area contributed by atoms with Crippen molar-refractivity contribution in [2.75, 3.05) is 5.32 Å². The molecule has 1 saturated carbocycles. The summed E-state index contributed by atoms with van der Waals surface area (Å²) in [6, 6.07) is 2.08. The number of thiophene rings is 1. The van der Waals surface area contributed by atoms with Gasteiger partial charge in [0.05, 0.1) is 12.1 Å². The van der Waals surface area contributed by atoms with E-state index in [0.717, 1.165) is 6.42 Å². The Bertz CT molecular complexity index is 692. The fraction of sp³-hybridized carbons (Fsp3) is 0.357. The van der Waals surface area contributed by atoms with Gasteiger partial charge in [-0.25, -0.2) is 4.98 Å². The zero-order chi connectivity index (χ0) is 15.0. The topological polar surface area (TPSA) is 79.3 Å². The van der Waals surface area contributed by atoms with Gasteiger partial charge in [-0.1, -0.05) is 0 Å². The Morgan fingerprint density at radius 2 is 2.29 bits per heavy atom. The molecule has 2 atom stereocenters. The third-order valence-corrected chi connectivity index (χ3v) is 5.44. The van der Waals surface area contributed by atoms with Crippen LogP contribution in [0.2, 0.25) is 0 Å². The summed E-state index contributed by atoms with van der Waals surface area (Å²) in [5, 5.41) is 15.7. The van der Waals surface area contributed by atoms with Crippen LogP contribution in [0.15, 0.2) is 16.8 Å². The summed E-state index contributed by atoms with van der Waals surface area (Å²) >= 11 is 2.96. The minimum Gasteiger partial charge on any atom is -0.481 e. The fourth-order valence-electron chi connectivity index (χ4n) is 2.34. The number of carboxylic acids is 1. The van der Waals surface area contributed by atoms with Crippen LogP contribution in [-0.4, -0.2) is 22.0 Å². The van der Waals surface area contributed by atoms with Crippen LogP contribution in [-0.2, 0) is 16.0 Å². The molecule has 0 aromatic carbocycles. The Morgan fingerprint density at radius 1 is 1.48 bits per heavy atom. The predicted molar refractivity (Wildman–Crippen MR) is 82.0 cm³/mol. The van der Waals surface area contributed by atoms with Crippen LogP contribution < -0.4 is 5.32 Å². The average molecular weight is 322 g/mol. The molecule has 1 aliphatic rings. The molecule has 7 heteroatoms. The standard InChI is InChI=1S/C14H14N2O3S2/c1-7-2-3-20-12(7)9-5-10(9)13(19)16-14-15-8(6-21-14)4-11(17)18/h2-3,6,9-10H,4-5H2,1H3,(H,17,18)(H,15,16,19)/t9-,10+/m0/s1. The highest BCUT2D eigenvalue weighted by molar-refractivity contribution is 7.14. The van der Waals surface area contributed by atoms with Crippen molar-refractivity contribution in [1.29, 1.82) is 0 Å². The quantitative estimate of drug-likeness (QED) is 0.887. The Hall–Kier alpha value is -1.73. The average Bonchev–Trinajstić information content (AvgIpc) is 2.91. The van der Waals surface area contributed by atoms with Crippen molar-refractivity contribution in [2.45, 2.75) is 25.7 Å². The van der Waals surface area contributed by atoms with Gasteiger partial charge in [-0.15, -0.1) is 22.7 Å². The molecule has 21 heavy (non-hydrogen) atoms. The largest absolute Gasteiger partial charge is 0.481 e. The number of nitrogens with zero attached hydrogens (tertiary/aromatic N) is 1. The Balaban J connectivity index is 1.59. The van der Waals surface area contributed by atoms with E-state index in [0.29, 0.717) is 16.7 Å². The maximum atomic E-state index is 12.2. The number of aromatic nitrogens is 1. The predicted octanol–water partition coefficient (Wildman–Crippen LogP) is 2.88. The highest BCUT2D eigenvalue weighted by Crippen LogP contribution is 2.50. The summed E-state index contributed by atoms with van der Waals surface area (Å²) in [6.45, 7) is 2.07. The van der Waals surface area contributed by atoms with Gasteiger partial charge in [0.1, 0.15) is 0 Å². The minimum atomic E-state index is -0.923. The zero-order valence-electron chi connectivity index (χ0n) is 11.3. The fourth-order valence-corrected chi connectivity index (χ4v) is 4.16. The minimum absolute atomic E-state index is 0.00849. The number of thiazole rings is 1. The molecular formula is C14H14N2O3S2. The van der Waals surface area contributed by atoms with Crippen molar-refractivity contribution in [3.63, 3.8) is 0 Å². The monoisotopic (exact) mass is 322 g/mol. The number of nitrogens with one attached hydrogen (secondary N) is 1. The summed E-state index contributed by atoms with van der Waals surface area (Å²) in [5.74, 6) is -0.616. The van der Waals surface area contributed by atoms with Crippen LogP contribution in [0.3, 0.4) is 0 Å². The third kappa shape index (κ3) is 3.14. The SMILES string of the molecule is Cc1ccsc1[C@H]1C[C@H]1C(=O)Nc1nc(CC(=O)O)cs1. The van der Waals surface area contributed by atoms with Gasteiger partial charge in [-0.2, -0.15) is 0 Å². The number of carbonyl (C=O) groups is 2. The molecule has 2 aromatic rings. The Labute approximate surface area is 129 Å². The van der Waals surface area contributed by atoms with Gasteiger partial charge in [-0.3, -0.25) is 9.59 Å². The van der Waals surface area contributed by atoms with Crippen LogP contribution in [0, 0.1) is 12.8 Å². The number of hydrogen-bond acceptors (Lipinski definition) is 5. The molecule has 0 aliphatic heterocycles. The van der Waals surface area contributed by atoms with Crippen LogP contribution in [0.5, 0.6) is 0 Å². The molecule has 0 spiro atoms. The lowest BCUT2D eigenvalue weighted by atomic mass is 10.2. The van der Waals surface area contributed by atoms with E-state index in [4.69, 9.17) is 5.11 Å². The number of anilines is 1. The molecule has 1 amide bonds. The molecule has 2 N–H and O–H groups in total. The van der Waals surface area contributed by atoms with Crippen LogP contribution >= 0.6 is 22.7 Å². The van der Waals surface area contributed by atoms with Crippen molar-refractivity contribution in [1.82, 2.24) is 4.98 Å². The summed E-state index contributed by atoms with van der Waals surface area (Å²) in [5.41, 5.74) is 1.72. The second kappa shape index (κ2) is 5.57. The molecule has 0 unspecified atom stereocenters. The van der Waals surface area contributed by atoms with E-state index in [1.165, 1.54) is 21.8 Å². The second-order valence-electron chi connectivity index (χ2n) is 5.12. The van der Waals surface area contributed by atoms with E-state index in [9.17, 15) is 9.59 Å². The Morgan fingerprint density at radius 3 is 2.95 bits per heavy atom. The maximum absolute atomic E-state index is 12.2. The number of hydrogen-bond donors (Lipinski definition) is 2. The number of aliphatic carboxylic acids is 1. The Kier molecular flexibility index (Phi) is 3.77. The first-order valence-corrected chi connectivity index (χ1v) is 8.31. The normalized spacial score (nSPS) is 20.2. The van der Waals surface area contributed by atoms with Gasteiger partial charge < -0.3 is 10.4 Å². The molecule has 0 bridgehead atoms. The third-order valence-electron chi connectivity index (χ3n) is 3.48. The molecule has 3 rings (SSSR count). The lowest BCUT2D eigenvalue weighted by molar-refractivity contribution is -0.136. The summed E-state index contributed by atoms with van der Waals surface area (Å²) in [6.07, 6.45) is 0.757.